The first-order valence-corrected chi connectivity index (χ1v) is 1.51. The summed E-state index contributed by atoms with van der Waals surface area (Å²) in [5, 5.41) is 27.5. The first-order valence-electron chi connectivity index (χ1n) is 1.51. The van der Waals surface area contributed by atoms with Gasteiger partial charge < -0.3 is 30.0 Å². The zero-order chi connectivity index (χ0) is 8.99. The number of hydrogen-bond acceptors (Lipinski definition) is 3. The molecule has 0 atom stereocenters. The van der Waals surface area contributed by atoms with E-state index in [0.29, 0.717) is 12.9 Å². The monoisotopic (exact) mass is 290 g/mol. The summed E-state index contributed by atoms with van der Waals surface area (Å²) in [6.07, 6.45) is -1.83. The van der Waals surface area contributed by atoms with Gasteiger partial charge in [0.2, 0.25) is 0 Å². The van der Waals surface area contributed by atoms with E-state index in [4.69, 9.17) is 34.8 Å². The van der Waals surface area contributed by atoms with E-state index in [2.05, 4.69) is 0 Å². The minimum absolute atomic E-state index is 0. The van der Waals surface area contributed by atoms with Gasteiger partial charge in [-0.1, -0.05) is 12.9 Å². The molecule has 0 bridgehead atoms. The van der Waals surface area contributed by atoms with E-state index in [9.17, 15) is 0 Å². The molecule has 11 heavy (non-hydrogen) atoms. The van der Waals surface area contributed by atoms with Crippen molar-refractivity contribution >= 4 is 68.0 Å². The van der Waals surface area contributed by atoms with Gasteiger partial charge in [-0.15, -0.1) is 0 Å². The van der Waals surface area contributed by atoms with Crippen LogP contribution in [0.25, 0.3) is 0 Å². The van der Waals surface area contributed by atoms with Gasteiger partial charge in [-0.25, -0.2) is 4.79 Å². The van der Waals surface area contributed by atoms with Gasteiger partial charge in [0, 0.05) is 0 Å². The Morgan fingerprint density at radius 2 is 1.00 bits per heavy atom. The molecule has 0 fully saturated rings. The number of hydrogen-bond donors (Lipinski definition) is 4. The topological polar surface area (TPSA) is 132 Å². The first kappa shape index (κ1) is 22.4. The van der Waals surface area contributed by atoms with Crippen LogP contribution in [0.1, 0.15) is 0 Å². The van der Waals surface area contributed by atoms with Crippen molar-refractivity contribution in [3.05, 3.63) is 0 Å². The molecule has 0 spiro atoms. The van der Waals surface area contributed by atoms with Crippen LogP contribution in [-0.2, 0) is 9.59 Å². The zero-order valence-electron chi connectivity index (χ0n) is 5.22. The normalized spacial score (nSPS) is 4.36. The molecular weight excluding hydrogens is 285 g/mol. The molecule has 0 saturated heterocycles. The summed E-state index contributed by atoms with van der Waals surface area (Å²) in [5.74, 6) is 0. The van der Waals surface area contributed by atoms with E-state index in [1.807, 2.05) is 0 Å². The number of carboxylic acid groups (broad SMARTS) is 2. The third kappa shape index (κ3) is 12400. The molecule has 0 aromatic heterocycles. The van der Waals surface area contributed by atoms with E-state index in [-0.39, 0.29) is 48.9 Å². The van der Waals surface area contributed by atoms with E-state index in [0.717, 1.165) is 0 Å². The van der Waals surface area contributed by atoms with Gasteiger partial charge >= 0.3 is 55.0 Å². The van der Waals surface area contributed by atoms with Crippen LogP contribution in [0.3, 0.4) is 0 Å². The summed E-state index contributed by atoms with van der Waals surface area (Å²) in [6, 6.07) is 0. The van der Waals surface area contributed by atoms with Crippen molar-refractivity contribution in [3.8, 4) is 0 Å². The summed E-state index contributed by atoms with van der Waals surface area (Å²) in [7, 11) is 0. The average molecular weight is 289 g/mol. The third-order valence-corrected chi connectivity index (χ3v) is 0. The number of rotatable bonds is 0. The van der Waals surface area contributed by atoms with Crippen LogP contribution in [0.2, 0.25) is 0 Å². The predicted octanol–water partition coefficient (Wildman–Crippen LogP) is -0.935. The Labute approximate surface area is 102 Å². The summed E-state index contributed by atoms with van der Waals surface area (Å²) in [4.78, 5) is 25.0. The van der Waals surface area contributed by atoms with Crippen LogP contribution in [0.4, 0.5) is 4.79 Å². The summed E-state index contributed by atoms with van der Waals surface area (Å²) < 4.78 is 0. The fourth-order valence-electron chi connectivity index (χ4n) is 0. The summed E-state index contributed by atoms with van der Waals surface area (Å²) in [5.41, 5.74) is 0. The van der Waals surface area contributed by atoms with Crippen LogP contribution < -0.4 is 0 Å². The smallest absolute Gasteiger partial charge is 0.665 e. The van der Waals surface area contributed by atoms with Crippen LogP contribution in [0, 0.1) is 0 Å². The van der Waals surface area contributed by atoms with E-state index >= 15 is 0 Å². The molecule has 60 valence electrons. The van der Waals surface area contributed by atoms with Crippen molar-refractivity contribution in [2.24, 2.45) is 0 Å². The molecule has 0 unspecified atom stereocenters. The maximum Gasteiger partial charge on any atom is 2.00 e. The van der Waals surface area contributed by atoms with Crippen molar-refractivity contribution in [1.82, 2.24) is 0 Å². The van der Waals surface area contributed by atoms with E-state index in [1.54, 1.807) is 0 Å². The molecule has 0 amide bonds. The molecule has 4 N–H and O–H groups in total. The molecule has 8 heteroatoms. The van der Waals surface area contributed by atoms with Crippen molar-refractivity contribution < 1.29 is 34.8 Å². The average Bonchev–Trinajstić information content (AvgIpc) is 1.65. The minimum atomic E-state index is -1.83. The number of aliphatic hydroxyl groups excluding tert-OH is 2. The van der Waals surface area contributed by atoms with Crippen molar-refractivity contribution in [2.45, 2.75) is 0 Å². The molecule has 0 rings (SSSR count). The maximum absolute atomic E-state index is 8.56. The zero-order valence-corrected chi connectivity index (χ0v) is 9.66. The second-order valence-electron chi connectivity index (χ2n) is 0.465. The maximum atomic E-state index is 8.56. The summed E-state index contributed by atoms with van der Waals surface area (Å²) >= 11 is 0. The van der Waals surface area contributed by atoms with Crippen molar-refractivity contribution in [2.75, 3.05) is 0 Å². The SMILES string of the molecule is O=C(O)O.O=[C-]O.O=[C-]O.[Ba+2]. The van der Waals surface area contributed by atoms with Gasteiger partial charge in [0.1, 0.15) is 0 Å². The molecule has 0 aliphatic rings. The first-order chi connectivity index (χ1) is 4.56. The Morgan fingerprint density at radius 3 is 1.00 bits per heavy atom. The Hall–Kier alpha value is -0.219. The molecule has 0 saturated carbocycles. The third-order valence-electron chi connectivity index (χ3n) is 0. The minimum Gasteiger partial charge on any atom is -0.665 e. The Bertz CT molecular complexity index is 81.7. The molecule has 7 nitrogen and oxygen atoms in total. The van der Waals surface area contributed by atoms with E-state index < -0.39 is 6.16 Å². The molecule has 0 heterocycles. The van der Waals surface area contributed by atoms with Gasteiger partial charge in [-0.3, -0.25) is 0 Å². The van der Waals surface area contributed by atoms with Gasteiger partial charge in [0.05, 0.1) is 0 Å². The van der Waals surface area contributed by atoms with Crippen molar-refractivity contribution in [3.63, 3.8) is 0 Å². The predicted molar refractivity (Wildman–Crippen MR) is 33.1 cm³/mol. The van der Waals surface area contributed by atoms with Crippen LogP contribution >= 0.6 is 0 Å². The summed E-state index contributed by atoms with van der Waals surface area (Å²) in [6.45, 7) is 1.00. The van der Waals surface area contributed by atoms with Gasteiger partial charge in [-0.2, -0.15) is 0 Å². The fraction of sp³-hybridized carbons (Fsp3) is 0. The molecule has 0 aromatic rings. The molecule has 0 radical (unpaired) electrons. The molecule has 0 aliphatic carbocycles. The van der Waals surface area contributed by atoms with Crippen LogP contribution in [0.15, 0.2) is 0 Å². The Balaban J connectivity index is -0.0000000325. The van der Waals surface area contributed by atoms with Crippen LogP contribution in [0.5, 0.6) is 0 Å². The second kappa shape index (κ2) is 33.0. The molecule has 0 aliphatic heterocycles. The van der Waals surface area contributed by atoms with Gasteiger partial charge in [-0.05, 0) is 0 Å². The fourth-order valence-corrected chi connectivity index (χ4v) is 0. The van der Waals surface area contributed by atoms with Crippen LogP contribution in [-0.4, -0.2) is 88.4 Å². The molecular formula is C3H4BaO7. The van der Waals surface area contributed by atoms with E-state index in [1.165, 1.54) is 0 Å². The Kier molecular flexibility index (Phi) is 67.3. The van der Waals surface area contributed by atoms with Gasteiger partial charge in [0.15, 0.2) is 0 Å². The Morgan fingerprint density at radius 1 is 1.00 bits per heavy atom. The second-order valence-corrected chi connectivity index (χ2v) is 0.465. The largest absolute Gasteiger partial charge is 2.00 e. The number of carbonyl (C=O) groups is 1. The van der Waals surface area contributed by atoms with Gasteiger partial charge in [0.25, 0.3) is 0 Å². The molecule has 0 aromatic carbocycles. The van der Waals surface area contributed by atoms with Crippen molar-refractivity contribution in [1.29, 1.82) is 0 Å². The quantitative estimate of drug-likeness (QED) is 0.334. The standard InChI is InChI=1S/CH2O3.2CHO2.Ba/c2-1(3)4;2*2-1-3;/h(H2,2,3,4);2*(H,2,3);/q;2*-1;+2.